The first-order chi connectivity index (χ1) is 9.28. The van der Waals surface area contributed by atoms with E-state index in [1.165, 1.54) is 37.3 Å². The summed E-state index contributed by atoms with van der Waals surface area (Å²) >= 11 is 0. The summed E-state index contributed by atoms with van der Waals surface area (Å²) in [5.74, 6) is 1.58. The molecule has 2 rings (SSSR count). The molecule has 0 aliphatic carbocycles. The molecule has 1 aromatic carbocycles. The van der Waals surface area contributed by atoms with Crippen LogP contribution in [0.3, 0.4) is 0 Å². The fourth-order valence-corrected chi connectivity index (χ4v) is 2.51. The van der Waals surface area contributed by atoms with Gasteiger partial charge in [-0.25, -0.2) is 0 Å². The van der Waals surface area contributed by atoms with Crippen LogP contribution in [0.15, 0.2) is 24.3 Å². The molecule has 1 unspecified atom stereocenters. The van der Waals surface area contributed by atoms with Crippen LogP contribution in [0.2, 0.25) is 0 Å². The number of benzene rings is 1. The molecule has 0 spiro atoms. The Morgan fingerprint density at radius 3 is 2.37 bits per heavy atom. The largest absolute Gasteiger partial charge is 0.497 e. The second kappa shape index (κ2) is 7.36. The molecule has 1 saturated heterocycles. The van der Waals surface area contributed by atoms with Crippen molar-refractivity contribution >= 4 is 0 Å². The molecule has 4 nitrogen and oxygen atoms in total. The van der Waals surface area contributed by atoms with Crippen molar-refractivity contribution in [1.82, 2.24) is 0 Å². The van der Waals surface area contributed by atoms with Gasteiger partial charge in [0.1, 0.15) is 30.8 Å². The van der Waals surface area contributed by atoms with E-state index < -0.39 is 6.10 Å². The van der Waals surface area contributed by atoms with E-state index in [9.17, 15) is 5.11 Å². The minimum absolute atomic E-state index is 0.357. The molecule has 2 N–H and O–H groups in total. The average Bonchev–Trinajstić information content (AvgIpc) is 2.47. The number of hydrogen-bond donors (Lipinski definition) is 2. The van der Waals surface area contributed by atoms with Gasteiger partial charge in [0.15, 0.2) is 0 Å². The number of nitrogens with one attached hydrogen (secondary N) is 1. The van der Waals surface area contributed by atoms with Gasteiger partial charge in [-0.1, -0.05) is 0 Å². The lowest BCUT2D eigenvalue weighted by Crippen LogP contribution is -3.14. The Kier molecular flexibility index (Phi) is 5.48. The minimum Gasteiger partial charge on any atom is -0.497 e. The molecule has 0 saturated carbocycles. The Balaban J connectivity index is 1.71. The standard InChI is InChI=1S/C15H23NO3/c1-18-14-5-7-15(8-6-14)19-12-13(17)11-16-9-3-2-4-10-16/h5-8,13,17H,2-4,9-12H2,1H3/p+1. The van der Waals surface area contributed by atoms with Gasteiger partial charge in [0, 0.05) is 0 Å². The summed E-state index contributed by atoms with van der Waals surface area (Å²) in [6, 6.07) is 7.44. The van der Waals surface area contributed by atoms with Crippen molar-refractivity contribution < 1.29 is 19.5 Å². The number of piperidine rings is 1. The number of aliphatic hydroxyl groups is 1. The maximum Gasteiger partial charge on any atom is 0.137 e. The van der Waals surface area contributed by atoms with Crippen LogP contribution in [0.4, 0.5) is 0 Å². The third kappa shape index (κ3) is 4.73. The van der Waals surface area contributed by atoms with E-state index in [1.807, 2.05) is 24.3 Å². The van der Waals surface area contributed by atoms with E-state index in [0.29, 0.717) is 6.61 Å². The lowest BCUT2D eigenvalue weighted by molar-refractivity contribution is -0.908. The van der Waals surface area contributed by atoms with Crippen molar-refractivity contribution in [2.45, 2.75) is 25.4 Å². The molecular weight excluding hydrogens is 242 g/mol. The van der Waals surface area contributed by atoms with Crippen LogP contribution in [0.5, 0.6) is 11.5 Å². The highest BCUT2D eigenvalue weighted by atomic mass is 16.5. The van der Waals surface area contributed by atoms with Crippen LogP contribution in [0.1, 0.15) is 19.3 Å². The molecule has 4 heteroatoms. The van der Waals surface area contributed by atoms with Gasteiger partial charge in [0.05, 0.1) is 20.2 Å². The van der Waals surface area contributed by atoms with Gasteiger partial charge in [-0.15, -0.1) is 0 Å². The maximum absolute atomic E-state index is 9.99. The Morgan fingerprint density at radius 2 is 1.74 bits per heavy atom. The first-order valence-corrected chi connectivity index (χ1v) is 7.06. The number of methoxy groups -OCH3 is 1. The SMILES string of the molecule is COc1ccc(OCC(O)C[NH+]2CCCCC2)cc1. The van der Waals surface area contributed by atoms with Gasteiger partial charge in [-0.2, -0.15) is 0 Å². The van der Waals surface area contributed by atoms with Crippen molar-refractivity contribution in [2.75, 3.05) is 33.4 Å². The van der Waals surface area contributed by atoms with E-state index in [0.717, 1.165) is 18.0 Å². The Labute approximate surface area is 114 Å². The Morgan fingerprint density at radius 1 is 1.11 bits per heavy atom. The fourth-order valence-electron chi connectivity index (χ4n) is 2.51. The van der Waals surface area contributed by atoms with Crippen LogP contribution in [0, 0.1) is 0 Å². The highest BCUT2D eigenvalue weighted by Gasteiger charge is 2.18. The molecule has 0 radical (unpaired) electrons. The van der Waals surface area contributed by atoms with Crippen LogP contribution in [-0.4, -0.2) is 44.6 Å². The third-order valence-electron chi connectivity index (χ3n) is 3.59. The molecule has 1 fully saturated rings. The number of aliphatic hydroxyl groups excluding tert-OH is 1. The lowest BCUT2D eigenvalue weighted by atomic mass is 10.1. The smallest absolute Gasteiger partial charge is 0.137 e. The summed E-state index contributed by atoms with van der Waals surface area (Å²) < 4.78 is 10.7. The molecule has 1 atom stereocenters. The molecule has 0 aromatic heterocycles. The fraction of sp³-hybridized carbons (Fsp3) is 0.600. The second-order valence-electron chi connectivity index (χ2n) is 5.16. The monoisotopic (exact) mass is 266 g/mol. The van der Waals surface area contributed by atoms with E-state index in [4.69, 9.17) is 9.47 Å². The molecular formula is C15H24NO3+. The molecule has 1 aliphatic rings. The molecule has 1 heterocycles. The van der Waals surface area contributed by atoms with Crippen LogP contribution in [-0.2, 0) is 0 Å². The predicted octanol–water partition coefficient (Wildman–Crippen LogP) is 0.504. The van der Waals surface area contributed by atoms with Crippen molar-refractivity contribution in [3.8, 4) is 11.5 Å². The van der Waals surface area contributed by atoms with Crippen LogP contribution < -0.4 is 14.4 Å². The lowest BCUT2D eigenvalue weighted by Gasteiger charge is -2.25. The number of ether oxygens (including phenoxy) is 2. The van der Waals surface area contributed by atoms with Gasteiger partial charge < -0.3 is 19.5 Å². The minimum atomic E-state index is -0.393. The number of hydrogen-bond acceptors (Lipinski definition) is 3. The topological polar surface area (TPSA) is 43.1 Å². The zero-order valence-electron chi connectivity index (χ0n) is 11.6. The van der Waals surface area contributed by atoms with Crippen molar-refractivity contribution in [2.24, 2.45) is 0 Å². The summed E-state index contributed by atoms with van der Waals surface area (Å²) in [5, 5.41) is 9.99. The number of rotatable bonds is 6. The summed E-state index contributed by atoms with van der Waals surface area (Å²) in [6.07, 6.45) is 3.50. The van der Waals surface area contributed by atoms with E-state index >= 15 is 0 Å². The van der Waals surface area contributed by atoms with Crippen molar-refractivity contribution in [3.63, 3.8) is 0 Å². The normalized spacial score (nSPS) is 18.0. The van der Waals surface area contributed by atoms with Crippen molar-refractivity contribution in [3.05, 3.63) is 24.3 Å². The zero-order chi connectivity index (χ0) is 13.5. The number of quaternary nitrogens is 1. The summed E-state index contributed by atoms with van der Waals surface area (Å²) in [5.41, 5.74) is 0. The molecule has 0 amide bonds. The predicted molar refractivity (Wildman–Crippen MR) is 73.9 cm³/mol. The van der Waals surface area contributed by atoms with Gasteiger partial charge in [-0.05, 0) is 43.5 Å². The van der Waals surface area contributed by atoms with Crippen molar-refractivity contribution in [1.29, 1.82) is 0 Å². The quantitative estimate of drug-likeness (QED) is 0.788. The average molecular weight is 266 g/mol. The second-order valence-corrected chi connectivity index (χ2v) is 5.16. The highest BCUT2D eigenvalue weighted by molar-refractivity contribution is 5.31. The molecule has 0 bridgehead atoms. The van der Waals surface area contributed by atoms with Gasteiger partial charge in [0.2, 0.25) is 0 Å². The van der Waals surface area contributed by atoms with Crippen LogP contribution >= 0.6 is 0 Å². The van der Waals surface area contributed by atoms with Gasteiger partial charge in [0.25, 0.3) is 0 Å². The van der Waals surface area contributed by atoms with Crippen LogP contribution in [0.25, 0.3) is 0 Å². The summed E-state index contributed by atoms with van der Waals surface area (Å²) in [4.78, 5) is 1.50. The van der Waals surface area contributed by atoms with Gasteiger partial charge in [-0.3, -0.25) is 0 Å². The first kappa shape index (κ1) is 14.2. The van der Waals surface area contributed by atoms with E-state index in [-0.39, 0.29) is 0 Å². The highest BCUT2D eigenvalue weighted by Crippen LogP contribution is 2.16. The Bertz CT molecular complexity index is 360. The zero-order valence-corrected chi connectivity index (χ0v) is 11.6. The Hall–Kier alpha value is -1.26. The molecule has 106 valence electrons. The molecule has 19 heavy (non-hydrogen) atoms. The summed E-state index contributed by atoms with van der Waals surface area (Å²) in [7, 11) is 1.64. The third-order valence-corrected chi connectivity index (χ3v) is 3.59. The summed E-state index contributed by atoms with van der Waals surface area (Å²) in [6.45, 7) is 3.51. The van der Waals surface area contributed by atoms with E-state index in [1.54, 1.807) is 7.11 Å². The first-order valence-electron chi connectivity index (χ1n) is 7.06. The van der Waals surface area contributed by atoms with E-state index in [2.05, 4.69) is 0 Å². The maximum atomic E-state index is 9.99. The molecule has 1 aromatic rings. The number of likely N-dealkylation sites (tertiary alicyclic amines) is 1. The molecule has 1 aliphatic heterocycles. The van der Waals surface area contributed by atoms with Gasteiger partial charge >= 0.3 is 0 Å².